The topological polar surface area (TPSA) is 55.8 Å². The molecule has 1 N–H and O–H groups in total. The summed E-state index contributed by atoms with van der Waals surface area (Å²) in [6, 6.07) is 7.60. The Kier molecular flexibility index (Phi) is 4.80. The first-order valence-electron chi connectivity index (χ1n) is 6.65. The minimum absolute atomic E-state index is 0.0937. The molecule has 2 rings (SSSR count). The summed E-state index contributed by atoms with van der Waals surface area (Å²) >= 11 is 0. The molecule has 0 radical (unpaired) electrons. The molecule has 1 heterocycles. The van der Waals surface area contributed by atoms with Crippen LogP contribution in [0.1, 0.15) is 18.4 Å². The van der Waals surface area contributed by atoms with Gasteiger partial charge in [-0.25, -0.2) is 0 Å². The van der Waals surface area contributed by atoms with E-state index in [0.717, 1.165) is 30.8 Å². The van der Waals surface area contributed by atoms with Gasteiger partial charge in [0.1, 0.15) is 5.75 Å². The number of carbonyl (C=O) groups is 1. The third-order valence-electron chi connectivity index (χ3n) is 3.71. The number of carboxylic acids is 1. The third kappa shape index (κ3) is 3.47. The molecular weight excluding hydrogens is 244 g/mol. The molecule has 19 heavy (non-hydrogen) atoms. The Morgan fingerprint density at radius 3 is 2.95 bits per heavy atom. The minimum atomic E-state index is -0.749. The number of para-hydroxylation sites is 1. The van der Waals surface area contributed by atoms with Crippen molar-refractivity contribution in [3.63, 3.8) is 0 Å². The van der Waals surface area contributed by atoms with Gasteiger partial charge in [-0.1, -0.05) is 18.2 Å². The van der Waals surface area contributed by atoms with Crippen molar-refractivity contribution >= 4 is 5.97 Å². The van der Waals surface area contributed by atoms with Crippen LogP contribution in [0.5, 0.6) is 5.75 Å². The molecule has 0 aliphatic carbocycles. The van der Waals surface area contributed by atoms with Crippen LogP contribution >= 0.6 is 0 Å². The van der Waals surface area contributed by atoms with Crippen molar-refractivity contribution in [2.75, 3.05) is 20.3 Å². The van der Waals surface area contributed by atoms with Crippen molar-refractivity contribution in [3.05, 3.63) is 29.8 Å². The number of rotatable bonds is 5. The summed E-state index contributed by atoms with van der Waals surface area (Å²) in [6.45, 7) is 1.30. The molecule has 0 saturated carbocycles. The smallest absolute Gasteiger partial charge is 0.307 e. The lowest BCUT2D eigenvalue weighted by Gasteiger charge is -2.28. The molecule has 1 aromatic rings. The highest BCUT2D eigenvalue weighted by atomic mass is 16.5. The Hall–Kier alpha value is -1.55. The molecule has 1 aliphatic rings. The highest BCUT2D eigenvalue weighted by Gasteiger charge is 2.30. The zero-order valence-corrected chi connectivity index (χ0v) is 11.2. The second kappa shape index (κ2) is 6.57. The third-order valence-corrected chi connectivity index (χ3v) is 3.71. The van der Waals surface area contributed by atoms with Crippen molar-refractivity contribution in [3.8, 4) is 5.75 Å². The number of hydrogen-bond donors (Lipinski definition) is 1. The second-order valence-corrected chi connectivity index (χ2v) is 4.94. The fourth-order valence-corrected chi connectivity index (χ4v) is 2.65. The number of carboxylic acid groups (broad SMARTS) is 1. The summed E-state index contributed by atoms with van der Waals surface area (Å²) < 4.78 is 10.7. The number of methoxy groups -OCH3 is 1. The summed E-state index contributed by atoms with van der Waals surface area (Å²) in [5.41, 5.74) is 0.947. The van der Waals surface area contributed by atoms with E-state index in [-0.39, 0.29) is 5.92 Å². The maximum Gasteiger partial charge on any atom is 0.307 e. The molecule has 0 aromatic heterocycles. The van der Waals surface area contributed by atoms with Gasteiger partial charge in [0.25, 0.3) is 0 Å². The SMILES string of the molecule is COc1ccccc1CC(C(=O)O)C1CCCOC1. The summed E-state index contributed by atoms with van der Waals surface area (Å²) in [4.78, 5) is 11.5. The van der Waals surface area contributed by atoms with Crippen LogP contribution in [0, 0.1) is 11.8 Å². The minimum Gasteiger partial charge on any atom is -0.496 e. The van der Waals surface area contributed by atoms with E-state index in [1.54, 1.807) is 7.11 Å². The van der Waals surface area contributed by atoms with Gasteiger partial charge in [-0.2, -0.15) is 0 Å². The molecule has 1 aromatic carbocycles. The van der Waals surface area contributed by atoms with Crippen LogP contribution in [0.2, 0.25) is 0 Å². The predicted molar refractivity (Wildman–Crippen MR) is 71.4 cm³/mol. The van der Waals surface area contributed by atoms with E-state index in [1.165, 1.54) is 0 Å². The van der Waals surface area contributed by atoms with Gasteiger partial charge in [-0.05, 0) is 36.8 Å². The molecule has 2 unspecified atom stereocenters. The monoisotopic (exact) mass is 264 g/mol. The summed E-state index contributed by atoms with van der Waals surface area (Å²) in [6.07, 6.45) is 2.36. The molecule has 4 heteroatoms. The molecule has 1 saturated heterocycles. The van der Waals surface area contributed by atoms with Gasteiger partial charge >= 0.3 is 5.97 Å². The van der Waals surface area contributed by atoms with Crippen molar-refractivity contribution in [2.24, 2.45) is 11.8 Å². The average Bonchev–Trinajstić information content (AvgIpc) is 2.45. The van der Waals surface area contributed by atoms with Crippen LogP contribution in [0.4, 0.5) is 0 Å². The summed E-state index contributed by atoms with van der Waals surface area (Å²) in [7, 11) is 1.61. The van der Waals surface area contributed by atoms with Gasteiger partial charge in [0.2, 0.25) is 0 Å². The van der Waals surface area contributed by atoms with E-state index in [0.29, 0.717) is 13.0 Å². The van der Waals surface area contributed by atoms with Crippen molar-refractivity contribution < 1.29 is 19.4 Å². The van der Waals surface area contributed by atoms with E-state index in [2.05, 4.69) is 0 Å². The first-order valence-corrected chi connectivity index (χ1v) is 6.65. The fraction of sp³-hybridized carbons (Fsp3) is 0.533. The predicted octanol–water partition coefficient (Wildman–Crippen LogP) is 2.37. The van der Waals surface area contributed by atoms with Crippen molar-refractivity contribution in [2.45, 2.75) is 19.3 Å². The van der Waals surface area contributed by atoms with Gasteiger partial charge in [0.05, 0.1) is 19.6 Å². The highest BCUT2D eigenvalue weighted by Crippen LogP contribution is 2.29. The lowest BCUT2D eigenvalue weighted by atomic mass is 9.83. The van der Waals surface area contributed by atoms with Crippen LogP contribution in [0.25, 0.3) is 0 Å². The summed E-state index contributed by atoms with van der Waals surface area (Å²) in [5.74, 6) is -0.306. The summed E-state index contributed by atoms with van der Waals surface area (Å²) in [5, 5.41) is 9.45. The van der Waals surface area contributed by atoms with Gasteiger partial charge < -0.3 is 14.6 Å². The Labute approximate surface area is 113 Å². The molecule has 4 nitrogen and oxygen atoms in total. The molecular formula is C15H20O4. The maximum absolute atomic E-state index is 11.5. The van der Waals surface area contributed by atoms with Crippen molar-refractivity contribution in [1.29, 1.82) is 0 Å². The van der Waals surface area contributed by atoms with Crippen LogP contribution in [0.15, 0.2) is 24.3 Å². The lowest BCUT2D eigenvalue weighted by molar-refractivity contribution is -0.145. The van der Waals surface area contributed by atoms with Gasteiger partial charge in [0.15, 0.2) is 0 Å². The number of hydrogen-bond acceptors (Lipinski definition) is 3. The number of ether oxygens (including phenoxy) is 2. The molecule has 2 atom stereocenters. The molecule has 1 fully saturated rings. The molecule has 104 valence electrons. The Morgan fingerprint density at radius 2 is 2.32 bits per heavy atom. The van der Waals surface area contributed by atoms with Crippen LogP contribution < -0.4 is 4.74 Å². The van der Waals surface area contributed by atoms with E-state index < -0.39 is 11.9 Å². The van der Waals surface area contributed by atoms with Crippen LogP contribution in [-0.4, -0.2) is 31.4 Å². The van der Waals surface area contributed by atoms with E-state index in [4.69, 9.17) is 9.47 Å². The van der Waals surface area contributed by atoms with E-state index in [1.807, 2.05) is 24.3 Å². The molecule has 0 amide bonds. The zero-order valence-electron chi connectivity index (χ0n) is 11.2. The highest BCUT2D eigenvalue weighted by molar-refractivity contribution is 5.71. The average molecular weight is 264 g/mol. The number of aliphatic carboxylic acids is 1. The molecule has 0 spiro atoms. The maximum atomic E-state index is 11.5. The quantitative estimate of drug-likeness (QED) is 0.887. The zero-order chi connectivity index (χ0) is 13.7. The standard InChI is InChI=1S/C15H20O4/c1-18-14-7-3-2-5-11(14)9-13(15(16)17)12-6-4-8-19-10-12/h2-3,5,7,12-13H,4,6,8-10H2,1H3,(H,16,17). The second-order valence-electron chi connectivity index (χ2n) is 4.94. The first-order chi connectivity index (χ1) is 9.22. The van der Waals surface area contributed by atoms with E-state index >= 15 is 0 Å². The largest absolute Gasteiger partial charge is 0.496 e. The fourth-order valence-electron chi connectivity index (χ4n) is 2.65. The molecule has 0 bridgehead atoms. The lowest BCUT2D eigenvalue weighted by Crippen LogP contribution is -2.32. The van der Waals surface area contributed by atoms with Gasteiger partial charge in [-0.15, -0.1) is 0 Å². The first kappa shape index (κ1) is 13.9. The van der Waals surface area contributed by atoms with Gasteiger partial charge in [0, 0.05) is 6.61 Å². The number of benzene rings is 1. The van der Waals surface area contributed by atoms with E-state index in [9.17, 15) is 9.90 Å². The van der Waals surface area contributed by atoms with Crippen LogP contribution in [-0.2, 0) is 16.0 Å². The normalized spacial score (nSPS) is 20.8. The van der Waals surface area contributed by atoms with Gasteiger partial charge in [-0.3, -0.25) is 4.79 Å². The molecule has 1 aliphatic heterocycles. The van der Waals surface area contributed by atoms with Crippen molar-refractivity contribution in [1.82, 2.24) is 0 Å². The Balaban J connectivity index is 2.13. The Bertz CT molecular complexity index is 424. The Morgan fingerprint density at radius 1 is 1.53 bits per heavy atom. The van der Waals surface area contributed by atoms with Crippen LogP contribution in [0.3, 0.4) is 0 Å².